The van der Waals surface area contributed by atoms with Crippen molar-refractivity contribution in [2.45, 2.75) is 105 Å². The van der Waals surface area contributed by atoms with Crippen LogP contribution in [-0.2, 0) is 54.3 Å². The molecule has 0 saturated heterocycles. The third-order valence-corrected chi connectivity index (χ3v) is 12.0. The average Bonchev–Trinajstić information content (AvgIpc) is 3.31. The fourth-order valence-electron chi connectivity index (χ4n) is 7.93. The highest BCUT2D eigenvalue weighted by molar-refractivity contribution is 14.1. The van der Waals surface area contributed by atoms with Crippen LogP contribution in [0, 0.1) is 3.57 Å². The number of halogens is 1. The van der Waals surface area contributed by atoms with Crippen LogP contribution in [0.1, 0.15) is 140 Å². The van der Waals surface area contributed by atoms with E-state index in [9.17, 15) is 14.4 Å². The molecule has 1 aliphatic rings. The number of fused-ring (bicyclic) bond motifs is 8. The van der Waals surface area contributed by atoms with Gasteiger partial charge in [0.2, 0.25) is 0 Å². The summed E-state index contributed by atoms with van der Waals surface area (Å²) in [7, 11) is 4.10. The Morgan fingerprint density at radius 1 is 0.418 bits per heavy atom. The Hall–Kier alpha value is -5.56. The Kier molecular flexibility index (Phi) is 21.4. The van der Waals surface area contributed by atoms with E-state index < -0.39 is 17.9 Å². The molecule has 358 valence electrons. The third kappa shape index (κ3) is 15.5. The van der Waals surface area contributed by atoms with Crippen LogP contribution in [0.4, 0.5) is 0 Å². The first-order chi connectivity index (χ1) is 32.5. The standard InChI is InChI=1S/C56H67IO10/c1-8-12-22-64-53-41-26-38(16-19-50(58)61-5)27-42(53)33-44-29-40(18-21-52(60)63-7)31-46(55(44)66-24-14-10-3)35-48-37-49(57)36-47(56(48)67-25-15-11-4)34-45-30-39(17-20-51(59)62-6)28-43(32-41)54(45)65-23-13-9-2/h16-21,26-31,36-37H,8-15,22-25,32-35H2,1-7H3/b19-16+,20-17+,21-18+. The highest BCUT2D eigenvalue weighted by Gasteiger charge is 2.24. The second-order valence-corrected chi connectivity index (χ2v) is 17.9. The van der Waals surface area contributed by atoms with Crippen LogP contribution >= 0.6 is 22.6 Å². The molecule has 0 amide bonds. The highest BCUT2D eigenvalue weighted by Crippen LogP contribution is 2.41. The predicted octanol–water partition coefficient (Wildman–Crippen LogP) is 12.2. The van der Waals surface area contributed by atoms with E-state index in [0.717, 1.165) is 139 Å². The van der Waals surface area contributed by atoms with E-state index in [4.69, 9.17) is 33.2 Å². The number of unbranched alkanes of at least 4 members (excludes halogenated alkanes) is 4. The summed E-state index contributed by atoms with van der Waals surface area (Å²) in [6, 6.07) is 16.8. The van der Waals surface area contributed by atoms with E-state index in [-0.39, 0.29) is 0 Å². The molecule has 11 heteroatoms. The first kappa shape index (κ1) is 52.4. The Labute approximate surface area is 411 Å². The van der Waals surface area contributed by atoms with E-state index in [1.165, 1.54) is 39.6 Å². The van der Waals surface area contributed by atoms with Gasteiger partial charge in [-0.3, -0.25) is 0 Å². The van der Waals surface area contributed by atoms with Crippen LogP contribution in [0.25, 0.3) is 18.2 Å². The Morgan fingerprint density at radius 2 is 0.642 bits per heavy atom. The van der Waals surface area contributed by atoms with Crippen molar-refractivity contribution in [2.75, 3.05) is 47.8 Å². The molecular weight excluding hydrogens is 960 g/mol. The van der Waals surface area contributed by atoms with E-state index >= 15 is 0 Å². The molecular formula is C56H67IO10. The molecule has 1 aliphatic carbocycles. The Bertz CT molecular complexity index is 2270. The Balaban J connectivity index is 1.96. The first-order valence-corrected chi connectivity index (χ1v) is 24.7. The zero-order chi connectivity index (χ0) is 48.1. The molecule has 0 aromatic heterocycles. The number of carbonyl (C=O) groups excluding carboxylic acids is 3. The van der Waals surface area contributed by atoms with Crippen molar-refractivity contribution in [1.82, 2.24) is 0 Å². The lowest BCUT2D eigenvalue weighted by molar-refractivity contribution is -0.135. The first-order valence-electron chi connectivity index (χ1n) is 23.6. The summed E-state index contributed by atoms with van der Waals surface area (Å²) in [6.07, 6.45) is 18.6. The van der Waals surface area contributed by atoms with Gasteiger partial charge in [-0.05, 0) is 176 Å². The molecule has 10 nitrogen and oxygen atoms in total. The van der Waals surface area contributed by atoms with Crippen molar-refractivity contribution in [3.8, 4) is 23.0 Å². The Morgan fingerprint density at radius 3 is 0.851 bits per heavy atom. The van der Waals surface area contributed by atoms with Gasteiger partial charge in [-0.2, -0.15) is 0 Å². The average molecular weight is 1030 g/mol. The largest absolute Gasteiger partial charge is 0.493 e. The van der Waals surface area contributed by atoms with Crippen molar-refractivity contribution >= 4 is 58.7 Å². The van der Waals surface area contributed by atoms with E-state index in [1.54, 1.807) is 18.2 Å². The van der Waals surface area contributed by atoms with E-state index in [0.29, 0.717) is 52.1 Å². The fraction of sp³-hybridized carbons (Fsp3) is 0.411. The SMILES string of the molecule is CCCCOc1c2cc(I)cc1Cc1cc(/C=C/C(=O)OC)cc(c1OCCCC)Cc1cc(/C=C/C(=O)OC)cc(c1OCCCC)Cc1cc(/C=C/C(=O)OC)cc(c1OCCCC)C2. The maximum absolute atomic E-state index is 12.6. The summed E-state index contributed by atoms with van der Waals surface area (Å²) in [4.78, 5) is 37.6. The number of hydrogen-bond donors (Lipinski definition) is 0. The third-order valence-electron chi connectivity index (χ3n) is 11.3. The maximum atomic E-state index is 12.6. The van der Waals surface area contributed by atoms with Crippen LogP contribution in [0.5, 0.6) is 23.0 Å². The second-order valence-electron chi connectivity index (χ2n) is 16.6. The van der Waals surface area contributed by atoms with Crippen molar-refractivity contribution in [3.63, 3.8) is 0 Å². The highest BCUT2D eigenvalue weighted by atomic mass is 127. The minimum absolute atomic E-state index is 0.396. The quantitative estimate of drug-likeness (QED) is 0.0218. The zero-order valence-corrected chi connectivity index (χ0v) is 42.5. The van der Waals surface area contributed by atoms with Crippen molar-refractivity contribution in [1.29, 1.82) is 0 Å². The molecule has 0 unspecified atom stereocenters. The molecule has 5 rings (SSSR count). The molecule has 0 spiro atoms. The van der Waals surface area contributed by atoms with Crippen molar-refractivity contribution < 1.29 is 47.5 Å². The molecule has 67 heavy (non-hydrogen) atoms. The van der Waals surface area contributed by atoms with Gasteiger partial charge in [-0.15, -0.1) is 0 Å². The number of rotatable bonds is 22. The van der Waals surface area contributed by atoms with Gasteiger partial charge in [0.25, 0.3) is 0 Å². The lowest BCUT2D eigenvalue weighted by atomic mass is 9.88. The number of benzene rings is 4. The molecule has 0 saturated carbocycles. The van der Waals surface area contributed by atoms with Crippen molar-refractivity contribution in [3.05, 3.63) is 132 Å². The van der Waals surface area contributed by atoms with Gasteiger partial charge >= 0.3 is 17.9 Å². The van der Waals surface area contributed by atoms with Crippen molar-refractivity contribution in [2.24, 2.45) is 0 Å². The molecule has 8 bridgehead atoms. The van der Waals surface area contributed by atoms with Crippen LogP contribution in [-0.4, -0.2) is 65.7 Å². The summed E-state index contributed by atoms with van der Waals surface area (Å²) < 4.78 is 43.5. The molecule has 0 heterocycles. The van der Waals surface area contributed by atoms with Crippen LogP contribution < -0.4 is 18.9 Å². The summed E-state index contributed by atoms with van der Waals surface area (Å²) >= 11 is 2.39. The predicted molar refractivity (Wildman–Crippen MR) is 274 cm³/mol. The van der Waals surface area contributed by atoms with E-state index in [1.807, 2.05) is 0 Å². The topological polar surface area (TPSA) is 116 Å². The van der Waals surface area contributed by atoms with Crippen LogP contribution in [0.3, 0.4) is 0 Å². The molecule has 0 aliphatic heterocycles. The number of methoxy groups -OCH3 is 3. The normalized spacial score (nSPS) is 12.4. The summed E-state index contributed by atoms with van der Waals surface area (Å²) in [6.45, 7) is 10.6. The number of carbonyl (C=O) groups is 3. The summed E-state index contributed by atoms with van der Waals surface area (Å²) in [5.74, 6) is 1.70. The maximum Gasteiger partial charge on any atom is 0.330 e. The minimum atomic E-state index is -0.473. The molecule has 0 N–H and O–H groups in total. The number of esters is 3. The molecule has 4 aromatic rings. The lowest BCUT2D eigenvalue weighted by Crippen LogP contribution is -2.11. The van der Waals surface area contributed by atoms with Gasteiger partial charge in [0.05, 0.1) is 47.8 Å². The van der Waals surface area contributed by atoms with Gasteiger partial charge in [0.15, 0.2) is 0 Å². The molecule has 0 atom stereocenters. The molecule has 0 radical (unpaired) electrons. The van der Waals surface area contributed by atoms with Crippen LogP contribution in [0.15, 0.2) is 66.8 Å². The minimum Gasteiger partial charge on any atom is -0.493 e. The molecule has 0 fully saturated rings. The van der Waals surface area contributed by atoms with Gasteiger partial charge in [0.1, 0.15) is 23.0 Å². The van der Waals surface area contributed by atoms with Gasteiger partial charge in [0, 0.05) is 47.5 Å². The summed E-state index contributed by atoms with van der Waals surface area (Å²) in [5.41, 5.74) is 9.88. The van der Waals surface area contributed by atoms with E-state index in [2.05, 4.69) is 98.8 Å². The lowest BCUT2D eigenvalue weighted by Gasteiger charge is -2.24. The fourth-order valence-corrected chi connectivity index (χ4v) is 8.68. The smallest absolute Gasteiger partial charge is 0.330 e. The van der Waals surface area contributed by atoms with Gasteiger partial charge in [-0.1, -0.05) is 53.4 Å². The van der Waals surface area contributed by atoms with Crippen LogP contribution in [0.2, 0.25) is 0 Å². The zero-order valence-electron chi connectivity index (χ0n) is 40.4. The number of hydrogen-bond acceptors (Lipinski definition) is 10. The monoisotopic (exact) mass is 1030 g/mol. The van der Waals surface area contributed by atoms with Gasteiger partial charge < -0.3 is 33.2 Å². The summed E-state index contributed by atoms with van der Waals surface area (Å²) in [5, 5.41) is 0. The number of ether oxygens (including phenoxy) is 7. The van der Waals surface area contributed by atoms with Gasteiger partial charge in [-0.25, -0.2) is 14.4 Å². The molecule has 4 aromatic carbocycles. The second kappa shape index (κ2) is 27.3.